The molecule has 0 heterocycles. The zero-order valence-corrected chi connectivity index (χ0v) is 10.8. The van der Waals surface area contributed by atoms with E-state index in [-0.39, 0.29) is 6.04 Å². The molecule has 0 aromatic heterocycles. The number of sulfone groups is 1. The van der Waals surface area contributed by atoms with E-state index >= 15 is 0 Å². The highest BCUT2D eigenvalue weighted by Crippen LogP contribution is 2.18. The van der Waals surface area contributed by atoms with Crippen molar-refractivity contribution in [3.63, 3.8) is 0 Å². The first-order valence-corrected chi connectivity index (χ1v) is 6.61. The lowest BCUT2D eigenvalue weighted by molar-refractivity contribution is -0.133. The first-order chi connectivity index (χ1) is 6.55. The number of nitrogens with two attached hydrogens (primary N) is 1. The Labute approximate surface area is 91.5 Å². The lowest BCUT2D eigenvalue weighted by atomic mass is 10.1. The predicted molar refractivity (Wildman–Crippen MR) is 60.2 cm³/mol. The Balaban J connectivity index is 5.03. The highest BCUT2D eigenvalue weighted by molar-refractivity contribution is 7.92. The Bertz CT molecular complexity index is 335. The summed E-state index contributed by atoms with van der Waals surface area (Å²) in [5, 5.41) is 0. The molecule has 6 heteroatoms. The molecule has 90 valence electrons. The van der Waals surface area contributed by atoms with E-state index < -0.39 is 20.5 Å². The van der Waals surface area contributed by atoms with E-state index in [1.54, 1.807) is 14.0 Å². The van der Waals surface area contributed by atoms with Crippen LogP contribution < -0.4 is 5.73 Å². The van der Waals surface area contributed by atoms with E-state index in [2.05, 4.69) is 0 Å². The summed E-state index contributed by atoms with van der Waals surface area (Å²) in [7, 11) is -1.86. The van der Waals surface area contributed by atoms with Crippen LogP contribution in [0.3, 0.4) is 0 Å². The number of likely N-dealkylation sites (N-methyl/N-ethyl adjacent to an activating group) is 1. The zero-order chi connectivity index (χ0) is 12.4. The molecule has 0 spiro atoms. The van der Waals surface area contributed by atoms with E-state index in [1.165, 1.54) is 18.7 Å². The molecular weight excluding hydrogens is 216 g/mol. The van der Waals surface area contributed by atoms with Crippen LogP contribution in [0.1, 0.15) is 20.8 Å². The van der Waals surface area contributed by atoms with Crippen LogP contribution in [0.25, 0.3) is 0 Å². The summed E-state index contributed by atoms with van der Waals surface area (Å²) < 4.78 is 21.5. The molecule has 15 heavy (non-hydrogen) atoms. The molecule has 0 aliphatic carbocycles. The third-order valence-corrected chi connectivity index (χ3v) is 4.79. The van der Waals surface area contributed by atoms with Gasteiger partial charge in [0.25, 0.3) is 0 Å². The van der Waals surface area contributed by atoms with Crippen molar-refractivity contribution in [3.8, 4) is 0 Å². The van der Waals surface area contributed by atoms with E-state index in [4.69, 9.17) is 5.73 Å². The Morgan fingerprint density at radius 3 is 2.13 bits per heavy atom. The molecule has 0 aromatic rings. The molecule has 2 N–H and O–H groups in total. The van der Waals surface area contributed by atoms with Crippen molar-refractivity contribution in [1.82, 2.24) is 4.90 Å². The lowest BCUT2D eigenvalue weighted by Gasteiger charge is -2.31. The highest BCUT2D eigenvalue weighted by Gasteiger charge is 2.41. The normalized spacial score (nSPS) is 14.8. The summed E-state index contributed by atoms with van der Waals surface area (Å²) in [6.07, 6.45) is 1.06. The predicted octanol–water partition coefficient (Wildman–Crippen LogP) is -0.385. The van der Waals surface area contributed by atoms with Gasteiger partial charge in [-0.1, -0.05) is 0 Å². The van der Waals surface area contributed by atoms with Crippen LogP contribution in [0.5, 0.6) is 0 Å². The smallest absolute Gasteiger partial charge is 0.243 e. The quantitative estimate of drug-likeness (QED) is 0.721. The average molecular weight is 236 g/mol. The molecule has 0 bridgehead atoms. The van der Waals surface area contributed by atoms with Crippen molar-refractivity contribution >= 4 is 15.7 Å². The van der Waals surface area contributed by atoms with Crippen molar-refractivity contribution < 1.29 is 13.2 Å². The van der Waals surface area contributed by atoms with Gasteiger partial charge in [0.15, 0.2) is 9.84 Å². The Morgan fingerprint density at radius 1 is 1.47 bits per heavy atom. The second-order valence-corrected chi connectivity index (χ2v) is 6.85. The molecule has 5 nitrogen and oxygen atoms in total. The molecule has 0 rings (SSSR count). The largest absolute Gasteiger partial charge is 0.340 e. The minimum absolute atomic E-state index is 0.168. The van der Waals surface area contributed by atoms with Gasteiger partial charge in [-0.05, 0) is 20.8 Å². The molecule has 0 aromatic carbocycles. The van der Waals surface area contributed by atoms with Gasteiger partial charge in [0.05, 0.1) is 0 Å². The highest BCUT2D eigenvalue weighted by atomic mass is 32.2. The van der Waals surface area contributed by atoms with Gasteiger partial charge in [0, 0.05) is 25.9 Å². The number of rotatable bonds is 4. The van der Waals surface area contributed by atoms with Crippen molar-refractivity contribution in [3.05, 3.63) is 0 Å². The van der Waals surface area contributed by atoms with Gasteiger partial charge in [-0.25, -0.2) is 8.42 Å². The summed E-state index contributed by atoms with van der Waals surface area (Å²) >= 11 is 0. The van der Waals surface area contributed by atoms with E-state index in [9.17, 15) is 13.2 Å². The molecule has 0 saturated heterocycles. The number of hydrogen-bond donors (Lipinski definition) is 1. The van der Waals surface area contributed by atoms with E-state index in [0.29, 0.717) is 6.54 Å². The van der Waals surface area contributed by atoms with Gasteiger partial charge in [0.2, 0.25) is 5.91 Å². The topological polar surface area (TPSA) is 80.5 Å². The van der Waals surface area contributed by atoms with Gasteiger partial charge >= 0.3 is 0 Å². The number of hydrogen-bond acceptors (Lipinski definition) is 4. The zero-order valence-electron chi connectivity index (χ0n) is 9.94. The van der Waals surface area contributed by atoms with E-state index in [0.717, 1.165) is 6.26 Å². The maximum absolute atomic E-state index is 11.9. The van der Waals surface area contributed by atoms with Gasteiger partial charge < -0.3 is 10.6 Å². The summed E-state index contributed by atoms with van der Waals surface area (Å²) in [6, 6.07) is -0.168. The minimum Gasteiger partial charge on any atom is -0.340 e. The average Bonchev–Trinajstić information content (AvgIpc) is 2.12. The Hall–Kier alpha value is -0.620. The van der Waals surface area contributed by atoms with Crippen LogP contribution in [0.4, 0.5) is 0 Å². The SMILES string of the molecule is CC(CN)N(C)C(=O)C(C)(C)S(C)(=O)=O. The monoisotopic (exact) mass is 236 g/mol. The lowest BCUT2D eigenvalue weighted by Crippen LogP contribution is -2.52. The third kappa shape index (κ3) is 2.92. The fraction of sp³-hybridized carbons (Fsp3) is 0.889. The van der Waals surface area contributed by atoms with Crippen LogP contribution in [0.2, 0.25) is 0 Å². The summed E-state index contributed by atoms with van der Waals surface area (Å²) in [4.78, 5) is 13.3. The molecule has 1 unspecified atom stereocenters. The molecule has 0 aliphatic heterocycles. The third-order valence-electron chi connectivity index (χ3n) is 2.76. The molecule has 0 radical (unpaired) electrons. The van der Waals surface area contributed by atoms with Crippen LogP contribution in [-0.2, 0) is 14.6 Å². The van der Waals surface area contributed by atoms with Gasteiger partial charge in [0.1, 0.15) is 4.75 Å². The molecule has 0 aliphatic rings. The summed E-state index contributed by atoms with van der Waals surface area (Å²) in [5.74, 6) is -0.428. The molecule has 0 fully saturated rings. The molecule has 1 amide bonds. The Kier molecular flexibility index (Phi) is 4.30. The van der Waals surface area contributed by atoms with Gasteiger partial charge in [-0.3, -0.25) is 4.79 Å². The first kappa shape index (κ1) is 14.4. The second kappa shape index (κ2) is 4.49. The number of amides is 1. The van der Waals surface area contributed by atoms with Crippen molar-refractivity contribution in [2.75, 3.05) is 19.8 Å². The van der Waals surface area contributed by atoms with E-state index in [1.807, 2.05) is 0 Å². The fourth-order valence-corrected chi connectivity index (χ4v) is 1.40. The Morgan fingerprint density at radius 2 is 1.87 bits per heavy atom. The molecule has 1 atom stereocenters. The van der Waals surface area contributed by atoms with Crippen LogP contribution in [0.15, 0.2) is 0 Å². The first-order valence-electron chi connectivity index (χ1n) is 4.72. The van der Waals surface area contributed by atoms with Gasteiger partial charge in [-0.15, -0.1) is 0 Å². The summed E-state index contributed by atoms with van der Waals surface area (Å²) in [6.45, 7) is 4.90. The maximum atomic E-state index is 11.9. The van der Waals surface area contributed by atoms with Crippen LogP contribution in [-0.4, -0.2) is 49.9 Å². The number of carbonyl (C=O) groups excluding carboxylic acids is 1. The fourth-order valence-electron chi connectivity index (χ4n) is 0.942. The minimum atomic E-state index is -3.42. The number of carbonyl (C=O) groups is 1. The second-order valence-electron chi connectivity index (χ2n) is 4.28. The van der Waals surface area contributed by atoms with Crippen molar-refractivity contribution in [2.24, 2.45) is 5.73 Å². The maximum Gasteiger partial charge on any atom is 0.243 e. The van der Waals surface area contributed by atoms with Gasteiger partial charge in [-0.2, -0.15) is 0 Å². The summed E-state index contributed by atoms with van der Waals surface area (Å²) in [5.41, 5.74) is 5.42. The van der Waals surface area contributed by atoms with Crippen molar-refractivity contribution in [2.45, 2.75) is 31.6 Å². The van der Waals surface area contributed by atoms with Crippen molar-refractivity contribution in [1.29, 1.82) is 0 Å². The van der Waals surface area contributed by atoms with Crippen LogP contribution >= 0.6 is 0 Å². The standard InChI is InChI=1S/C9H20N2O3S/c1-7(6-10)11(4)8(12)9(2,3)15(5,13)14/h7H,6,10H2,1-5H3. The molecule has 0 saturated carbocycles. The van der Waals surface area contributed by atoms with Crippen LogP contribution in [0, 0.1) is 0 Å². The molecular formula is C9H20N2O3S. The number of nitrogens with zero attached hydrogens (tertiary/aromatic N) is 1.